The Balaban J connectivity index is 3.90. The molecule has 0 aromatic rings. The lowest BCUT2D eigenvalue weighted by Crippen LogP contribution is -2.37. The summed E-state index contributed by atoms with van der Waals surface area (Å²) in [4.78, 5) is 38.3. The molecule has 0 aliphatic rings. The molecule has 0 aliphatic heterocycles. The zero-order chi connectivity index (χ0) is 75.4. The molecule has 0 aromatic heterocycles. The maximum absolute atomic E-state index is 12.9. The second-order valence-corrected chi connectivity index (χ2v) is 32.6. The third-order valence-electron chi connectivity index (χ3n) is 19.8. The lowest BCUT2D eigenvalue weighted by molar-refractivity contribution is -0.870. The third kappa shape index (κ3) is 87.6. The number of hydrogen-bond acceptors (Lipinski definition) is 8. The Morgan fingerprint density at radius 3 is 0.827 bits per heavy atom. The number of phosphoric ester groups is 1. The fraction of sp³-hybridized carbons (Fsp3) is 0.787. The second kappa shape index (κ2) is 83.7. The highest BCUT2D eigenvalue weighted by Gasteiger charge is 2.22. The highest BCUT2D eigenvalue weighted by molar-refractivity contribution is 7.45. The van der Waals surface area contributed by atoms with E-state index in [0.717, 1.165) is 89.9 Å². The number of hydrogen-bond donors (Lipinski definition) is 0. The van der Waals surface area contributed by atoms with E-state index in [1.54, 1.807) is 0 Å². The van der Waals surface area contributed by atoms with Crippen molar-refractivity contribution in [2.45, 2.75) is 431 Å². The lowest BCUT2D eigenvalue weighted by Gasteiger charge is -2.28. The van der Waals surface area contributed by atoms with E-state index >= 15 is 0 Å². The maximum Gasteiger partial charge on any atom is 0.306 e. The van der Waals surface area contributed by atoms with Gasteiger partial charge in [0.1, 0.15) is 19.8 Å². The molecule has 9 nitrogen and oxygen atoms in total. The number of esters is 2. The Morgan fingerprint density at radius 2 is 0.548 bits per heavy atom. The molecule has 0 amide bonds. The van der Waals surface area contributed by atoms with Gasteiger partial charge < -0.3 is 27.9 Å². The second-order valence-electron chi connectivity index (χ2n) is 31.2. The number of carbonyl (C=O) groups is 2. The van der Waals surface area contributed by atoms with Gasteiger partial charge in [0.05, 0.1) is 27.7 Å². The zero-order valence-electron chi connectivity index (χ0n) is 69.2. The summed E-state index contributed by atoms with van der Waals surface area (Å²) >= 11 is 0. The van der Waals surface area contributed by atoms with Crippen molar-refractivity contribution in [2.75, 3.05) is 47.5 Å². The largest absolute Gasteiger partial charge is 0.756 e. The van der Waals surface area contributed by atoms with Gasteiger partial charge in [-0.3, -0.25) is 14.2 Å². The molecule has 0 rings (SSSR count). The van der Waals surface area contributed by atoms with Gasteiger partial charge in [-0.25, -0.2) is 0 Å². The summed E-state index contributed by atoms with van der Waals surface area (Å²) in [6, 6.07) is 0. The van der Waals surface area contributed by atoms with Gasteiger partial charge in [-0.2, -0.15) is 0 Å². The standard InChI is InChI=1S/C94H170NO8P/c1-6-8-10-12-14-16-18-20-22-24-26-28-30-32-34-36-38-40-42-44-46-47-49-51-53-55-57-59-61-63-65-67-69-71-73-75-77-79-81-83-85-87-94(97)103-92(91-102-104(98,99)101-89-88-95(3,4)5)90-100-93(96)86-84-82-80-78-76-74-72-70-68-66-64-62-60-58-56-54-52-50-48-45-43-41-39-37-35-33-31-29-27-25-23-21-19-17-15-13-11-9-7-2/h8,10,14,16,20,22,25-28,32,34,38,40,44,46,49,51,92H,6-7,9,11-13,15,17-19,21,23-24,29-31,33,35-37,39,41-43,45,47-48,50,52-91H2,1-5H3/b10-8-,16-14-,22-20-,27-25-,28-26-,34-32-,40-38-,46-44-,51-49-. The van der Waals surface area contributed by atoms with Crippen molar-refractivity contribution in [3.05, 3.63) is 109 Å². The molecule has 0 saturated carbocycles. The van der Waals surface area contributed by atoms with E-state index in [2.05, 4.69) is 123 Å². The molecule has 0 radical (unpaired) electrons. The molecular formula is C94H170NO8P. The van der Waals surface area contributed by atoms with Crippen molar-refractivity contribution in [1.29, 1.82) is 0 Å². The Hall–Kier alpha value is -3.33. The van der Waals surface area contributed by atoms with Crippen molar-refractivity contribution >= 4 is 19.8 Å². The number of phosphoric acid groups is 1. The Morgan fingerprint density at radius 1 is 0.308 bits per heavy atom. The van der Waals surface area contributed by atoms with Gasteiger partial charge >= 0.3 is 11.9 Å². The van der Waals surface area contributed by atoms with Crippen LogP contribution < -0.4 is 4.89 Å². The molecule has 0 aliphatic carbocycles. The first-order valence-electron chi connectivity index (χ1n) is 44.6. The number of quaternary nitrogens is 1. The molecule has 0 saturated heterocycles. The van der Waals surface area contributed by atoms with Crippen LogP contribution in [0, 0.1) is 0 Å². The Bertz CT molecular complexity index is 2130. The zero-order valence-corrected chi connectivity index (χ0v) is 70.1. The lowest BCUT2D eigenvalue weighted by atomic mass is 10.0. The molecule has 0 heterocycles. The molecule has 604 valence electrons. The van der Waals surface area contributed by atoms with Gasteiger partial charge in [-0.15, -0.1) is 0 Å². The summed E-state index contributed by atoms with van der Waals surface area (Å²) in [5, 5.41) is 0. The van der Waals surface area contributed by atoms with Crippen molar-refractivity contribution < 1.29 is 42.1 Å². The number of carbonyl (C=O) groups excluding carboxylic acids is 2. The minimum absolute atomic E-state index is 0.0313. The molecular weight excluding hydrogens is 1300 g/mol. The fourth-order valence-corrected chi connectivity index (χ4v) is 13.8. The molecule has 0 N–H and O–H groups in total. The molecule has 2 unspecified atom stereocenters. The van der Waals surface area contributed by atoms with Crippen LogP contribution in [-0.4, -0.2) is 70.0 Å². The average molecular weight is 1470 g/mol. The minimum atomic E-state index is -4.65. The molecule has 104 heavy (non-hydrogen) atoms. The number of ether oxygens (including phenoxy) is 2. The first-order chi connectivity index (χ1) is 51.0. The SMILES string of the molecule is CC/C=C\C/C=C\C/C=C\C/C=C\C/C=C\C/C=C\C/C=C\C/C=C\CCCCCCCCCCCCCCCCCCC(=O)OC(COC(=O)CCCCCCCCCCCCCCCCCCCCCCCCCCCCC/C=C\CCCCCCCCCC)COP(=O)([O-])OCC[N+](C)(C)C. The van der Waals surface area contributed by atoms with Crippen LogP contribution in [0.2, 0.25) is 0 Å². The van der Waals surface area contributed by atoms with Gasteiger partial charge in [0.15, 0.2) is 6.10 Å². The first-order valence-corrected chi connectivity index (χ1v) is 46.1. The normalized spacial score (nSPS) is 13.5. The monoisotopic (exact) mass is 1470 g/mol. The van der Waals surface area contributed by atoms with Crippen LogP contribution in [0.5, 0.6) is 0 Å². The summed E-state index contributed by atoms with van der Waals surface area (Å²) in [6.45, 7) is 4.18. The summed E-state index contributed by atoms with van der Waals surface area (Å²) < 4.78 is 34.5. The number of nitrogens with zero attached hydrogens (tertiary/aromatic N) is 1. The summed E-state index contributed by atoms with van der Waals surface area (Å²) in [7, 11) is 1.18. The van der Waals surface area contributed by atoms with E-state index in [4.69, 9.17) is 18.5 Å². The Kier molecular flexibility index (Phi) is 81.0. The van der Waals surface area contributed by atoms with E-state index in [0.29, 0.717) is 17.4 Å². The number of likely N-dealkylation sites (N-methyl/N-ethyl adjacent to an activating group) is 1. The van der Waals surface area contributed by atoms with Crippen molar-refractivity contribution in [3.8, 4) is 0 Å². The molecule has 0 spiro atoms. The van der Waals surface area contributed by atoms with Crippen LogP contribution >= 0.6 is 7.82 Å². The van der Waals surface area contributed by atoms with Crippen LogP contribution in [0.4, 0.5) is 0 Å². The van der Waals surface area contributed by atoms with Crippen LogP contribution in [-0.2, 0) is 32.7 Å². The maximum atomic E-state index is 12.9. The Labute approximate surface area is 646 Å². The van der Waals surface area contributed by atoms with Crippen LogP contribution in [0.25, 0.3) is 0 Å². The van der Waals surface area contributed by atoms with Crippen LogP contribution in [0.15, 0.2) is 109 Å². The molecule has 0 fully saturated rings. The fourth-order valence-electron chi connectivity index (χ4n) is 13.0. The molecule has 0 aromatic carbocycles. The van der Waals surface area contributed by atoms with Crippen molar-refractivity contribution in [3.63, 3.8) is 0 Å². The van der Waals surface area contributed by atoms with E-state index in [9.17, 15) is 19.0 Å². The number of allylic oxidation sites excluding steroid dienone is 18. The summed E-state index contributed by atoms with van der Waals surface area (Å²) in [6.07, 6.45) is 120. The van der Waals surface area contributed by atoms with Crippen LogP contribution in [0.3, 0.4) is 0 Å². The van der Waals surface area contributed by atoms with Crippen molar-refractivity contribution in [1.82, 2.24) is 0 Å². The quantitative estimate of drug-likeness (QED) is 0.0195. The molecule has 0 bridgehead atoms. The van der Waals surface area contributed by atoms with Crippen molar-refractivity contribution in [2.24, 2.45) is 0 Å². The van der Waals surface area contributed by atoms with E-state index < -0.39 is 26.5 Å². The van der Waals surface area contributed by atoms with Gasteiger partial charge in [0.2, 0.25) is 0 Å². The van der Waals surface area contributed by atoms with Gasteiger partial charge in [0.25, 0.3) is 7.82 Å². The minimum Gasteiger partial charge on any atom is -0.756 e. The molecule has 2 atom stereocenters. The predicted octanol–water partition coefficient (Wildman–Crippen LogP) is 29.7. The topological polar surface area (TPSA) is 111 Å². The number of rotatable bonds is 83. The van der Waals surface area contributed by atoms with E-state index in [1.165, 1.54) is 302 Å². The highest BCUT2D eigenvalue weighted by atomic mass is 31.2. The van der Waals surface area contributed by atoms with E-state index in [1.807, 2.05) is 21.1 Å². The van der Waals surface area contributed by atoms with E-state index in [-0.39, 0.29) is 32.0 Å². The smallest absolute Gasteiger partial charge is 0.306 e. The first kappa shape index (κ1) is 101. The van der Waals surface area contributed by atoms with Gasteiger partial charge in [-0.1, -0.05) is 419 Å². The van der Waals surface area contributed by atoms with Crippen LogP contribution in [0.1, 0.15) is 425 Å². The molecule has 10 heteroatoms. The highest BCUT2D eigenvalue weighted by Crippen LogP contribution is 2.38. The summed E-state index contributed by atoms with van der Waals surface area (Å²) in [5.74, 6) is -0.815. The third-order valence-corrected chi connectivity index (χ3v) is 20.7. The number of unbranched alkanes of at least 4 members (excludes halogenated alkanes) is 51. The summed E-state index contributed by atoms with van der Waals surface area (Å²) in [5.41, 5.74) is 0. The van der Waals surface area contributed by atoms with Gasteiger partial charge in [-0.05, 0) is 103 Å². The average Bonchev–Trinajstić information content (AvgIpc) is 0.920. The van der Waals surface area contributed by atoms with Gasteiger partial charge in [0, 0.05) is 12.8 Å². The predicted molar refractivity (Wildman–Crippen MR) is 452 cm³/mol.